The number of carboxylic acids is 1. The SMILES string of the molecule is CCCC(C)(C)NC(=O)C1CCN(S(=O)(=O)c2ccc(C(=O)O)o2)CC1. The first-order valence-corrected chi connectivity index (χ1v) is 10.2. The molecule has 26 heavy (non-hydrogen) atoms. The molecule has 0 saturated carbocycles. The van der Waals surface area contributed by atoms with E-state index in [0.717, 1.165) is 25.0 Å². The van der Waals surface area contributed by atoms with Gasteiger partial charge in [0.15, 0.2) is 0 Å². The zero-order chi connectivity index (χ0) is 19.5. The fourth-order valence-corrected chi connectivity index (χ4v) is 4.56. The van der Waals surface area contributed by atoms with Crippen LogP contribution in [-0.4, -0.2) is 48.3 Å². The van der Waals surface area contributed by atoms with E-state index in [1.807, 2.05) is 13.8 Å². The molecule has 146 valence electrons. The van der Waals surface area contributed by atoms with E-state index in [1.165, 1.54) is 4.31 Å². The van der Waals surface area contributed by atoms with E-state index in [-0.39, 0.29) is 35.5 Å². The van der Waals surface area contributed by atoms with E-state index in [9.17, 15) is 18.0 Å². The van der Waals surface area contributed by atoms with Gasteiger partial charge < -0.3 is 14.8 Å². The van der Waals surface area contributed by atoms with E-state index in [1.54, 1.807) is 0 Å². The lowest BCUT2D eigenvalue weighted by Gasteiger charge is -2.33. The Hall–Kier alpha value is -1.87. The highest BCUT2D eigenvalue weighted by molar-refractivity contribution is 7.89. The Bertz CT molecular complexity index is 760. The van der Waals surface area contributed by atoms with Crippen LogP contribution in [0.25, 0.3) is 0 Å². The molecule has 1 aromatic rings. The number of carbonyl (C=O) groups excluding carboxylic acids is 1. The van der Waals surface area contributed by atoms with Gasteiger partial charge in [-0.25, -0.2) is 13.2 Å². The molecule has 1 aliphatic rings. The van der Waals surface area contributed by atoms with Gasteiger partial charge >= 0.3 is 5.97 Å². The Morgan fingerprint density at radius 1 is 1.31 bits per heavy atom. The second-order valence-corrected chi connectivity index (χ2v) is 9.09. The normalized spacial score (nSPS) is 17.2. The molecule has 0 atom stereocenters. The fraction of sp³-hybridized carbons (Fsp3) is 0.647. The summed E-state index contributed by atoms with van der Waals surface area (Å²) in [5.41, 5.74) is -0.281. The van der Waals surface area contributed by atoms with E-state index in [0.29, 0.717) is 12.8 Å². The van der Waals surface area contributed by atoms with Crippen LogP contribution in [0, 0.1) is 5.92 Å². The van der Waals surface area contributed by atoms with Crippen molar-refractivity contribution in [1.29, 1.82) is 0 Å². The van der Waals surface area contributed by atoms with Crippen molar-refractivity contribution < 1.29 is 27.5 Å². The highest BCUT2D eigenvalue weighted by Gasteiger charge is 2.35. The maximum Gasteiger partial charge on any atom is 0.371 e. The van der Waals surface area contributed by atoms with Gasteiger partial charge in [0.1, 0.15) is 0 Å². The Morgan fingerprint density at radius 3 is 2.42 bits per heavy atom. The lowest BCUT2D eigenvalue weighted by molar-refractivity contribution is -0.127. The third kappa shape index (κ3) is 4.64. The summed E-state index contributed by atoms with van der Waals surface area (Å²) in [5, 5.41) is 11.5. The average Bonchev–Trinajstić information content (AvgIpc) is 3.05. The van der Waals surface area contributed by atoms with Crippen LogP contribution in [0.3, 0.4) is 0 Å². The molecular formula is C17H26N2O6S. The molecule has 1 aromatic heterocycles. The van der Waals surface area contributed by atoms with Gasteiger partial charge in [-0.3, -0.25) is 4.79 Å². The number of nitrogens with zero attached hydrogens (tertiary/aromatic N) is 1. The number of nitrogens with one attached hydrogen (secondary N) is 1. The molecule has 2 N–H and O–H groups in total. The van der Waals surface area contributed by atoms with Gasteiger partial charge in [-0.2, -0.15) is 4.31 Å². The monoisotopic (exact) mass is 386 g/mol. The Morgan fingerprint density at radius 2 is 1.92 bits per heavy atom. The lowest BCUT2D eigenvalue weighted by Crippen LogP contribution is -2.49. The van der Waals surface area contributed by atoms with Crippen molar-refractivity contribution in [2.24, 2.45) is 5.92 Å². The van der Waals surface area contributed by atoms with Crippen molar-refractivity contribution in [3.05, 3.63) is 17.9 Å². The van der Waals surface area contributed by atoms with Crippen molar-refractivity contribution in [2.45, 2.75) is 57.1 Å². The maximum atomic E-state index is 12.6. The summed E-state index contributed by atoms with van der Waals surface area (Å²) in [5.74, 6) is -2.03. The summed E-state index contributed by atoms with van der Waals surface area (Å²) in [6.07, 6.45) is 2.67. The van der Waals surface area contributed by atoms with Gasteiger partial charge in [-0.1, -0.05) is 13.3 Å². The molecule has 1 amide bonds. The first-order chi connectivity index (χ1) is 12.1. The van der Waals surface area contributed by atoms with Crippen LogP contribution in [0.15, 0.2) is 21.6 Å². The minimum atomic E-state index is -3.90. The molecule has 0 unspecified atom stereocenters. The van der Waals surface area contributed by atoms with Crippen molar-refractivity contribution in [3.8, 4) is 0 Å². The summed E-state index contributed by atoms with van der Waals surface area (Å²) < 4.78 is 31.3. The number of furan rings is 1. The number of carbonyl (C=O) groups is 2. The molecular weight excluding hydrogens is 360 g/mol. The second kappa shape index (κ2) is 7.79. The molecule has 1 saturated heterocycles. The molecule has 9 heteroatoms. The van der Waals surface area contributed by atoms with Gasteiger partial charge in [0.25, 0.3) is 10.0 Å². The summed E-state index contributed by atoms with van der Waals surface area (Å²) >= 11 is 0. The molecule has 0 spiro atoms. The van der Waals surface area contributed by atoms with Crippen LogP contribution in [0.1, 0.15) is 57.0 Å². The Balaban J connectivity index is 1.98. The lowest BCUT2D eigenvalue weighted by atomic mass is 9.93. The molecule has 1 fully saturated rings. The number of hydrogen-bond donors (Lipinski definition) is 2. The molecule has 2 heterocycles. The highest BCUT2D eigenvalue weighted by atomic mass is 32.2. The van der Waals surface area contributed by atoms with Crippen molar-refractivity contribution in [3.63, 3.8) is 0 Å². The number of piperidine rings is 1. The molecule has 8 nitrogen and oxygen atoms in total. The Labute approximate surface area is 153 Å². The van der Waals surface area contributed by atoms with Crippen LogP contribution < -0.4 is 5.32 Å². The van der Waals surface area contributed by atoms with Crippen LogP contribution in [-0.2, 0) is 14.8 Å². The number of hydrogen-bond acceptors (Lipinski definition) is 5. The van der Waals surface area contributed by atoms with E-state index in [4.69, 9.17) is 9.52 Å². The van der Waals surface area contributed by atoms with Crippen LogP contribution in [0.5, 0.6) is 0 Å². The molecule has 1 aliphatic heterocycles. The van der Waals surface area contributed by atoms with Crippen LogP contribution in [0.2, 0.25) is 0 Å². The van der Waals surface area contributed by atoms with E-state index in [2.05, 4.69) is 12.2 Å². The molecule has 0 bridgehead atoms. The summed E-state index contributed by atoms with van der Waals surface area (Å²) in [6, 6.07) is 2.26. The maximum absolute atomic E-state index is 12.6. The van der Waals surface area contributed by atoms with Crippen molar-refractivity contribution in [2.75, 3.05) is 13.1 Å². The number of amides is 1. The quantitative estimate of drug-likeness (QED) is 0.741. The first kappa shape index (κ1) is 20.4. The molecule has 2 rings (SSSR count). The van der Waals surface area contributed by atoms with Gasteiger partial charge in [-0.15, -0.1) is 0 Å². The Kier molecular flexibility index (Phi) is 6.13. The molecule has 0 aliphatic carbocycles. The third-order valence-corrected chi connectivity index (χ3v) is 6.32. The van der Waals surface area contributed by atoms with Gasteiger partial charge in [0.05, 0.1) is 0 Å². The van der Waals surface area contributed by atoms with E-state index >= 15 is 0 Å². The third-order valence-electron chi connectivity index (χ3n) is 4.55. The number of rotatable bonds is 7. The topological polar surface area (TPSA) is 117 Å². The van der Waals surface area contributed by atoms with Crippen LogP contribution in [0.4, 0.5) is 0 Å². The van der Waals surface area contributed by atoms with Crippen molar-refractivity contribution in [1.82, 2.24) is 9.62 Å². The smallest absolute Gasteiger partial charge is 0.371 e. The van der Waals surface area contributed by atoms with Gasteiger partial charge in [0, 0.05) is 24.5 Å². The number of sulfonamides is 1. The first-order valence-electron chi connectivity index (χ1n) is 8.72. The average molecular weight is 386 g/mol. The second-order valence-electron chi connectivity index (χ2n) is 7.23. The van der Waals surface area contributed by atoms with Crippen molar-refractivity contribution >= 4 is 21.9 Å². The summed E-state index contributed by atoms with van der Waals surface area (Å²) in [6.45, 7) is 6.40. The van der Waals surface area contributed by atoms with Gasteiger partial charge in [-0.05, 0) is 45.2 Å². The fourth-order valence-electron chi connectivity index (χ4n) is 3.18. The standard InChI is InChI=1S/C17H26N2O6S/c1-4-9-17(2,3)18-15(20)12-7-10-19(11-8-12)26(23,24)14-6-5-13(25-14)16(21)22/h5-6,12H,4,7-11H2,1-3H3,(H,18,20)(H,21,22). The zero-order valence-electron chi connectivity index (χ0n) is 15.3. The minimum absolute atomic E-state index is 0.0494. The molecule has 0 radical (unpaired) electrons. The number of aromatic carboxylic acids is 1. The predicted octanol–water partition coefficient (Wildman–Crippen LogP) is 2.07. The summed E-state index contributed by atoms with van der Waals surface area (Å²) in [7, 11) is -3.90. The van der Waals surface area contributed by atoms with E-state index < -0.39 is 21.8 Å². The predicted molar refractivity (Wildman–Crippen MR) is 94.3 cm³/mol. The largest absolute Gasteiger partial charge is 0.475 e. The zero-order valence-corrected chi connectivity index (χ0v) is 16.1. The molecule has 0 aromatic carbocycles. The highest BCUT2D eigenvalue weighted by Crippen LogP contribution is 2.26. The van der Waals surface area contributed by atoms with Crippen LogP contribution >= 0.6 is 0 Å². The van der Waals surface area contributed by atoms with Gasteiger partial charge in [0.2, 0.25) is 16.8 Å². The summed E-state index contributed by atoms with van der Waals surface area (Å²) in [4.78, 5) is 23.3. The number of carboxylic acid groups (broad SMARTS) is 1. The minimum Gasteiger partial charge on any atom is -0.475 e.